The highest BCUT2D eigenvalue weighted by Gasteiger charge is 2.43. The van der Waals surface area contributed by atoms with Crippen LogP contribution in [0.25, 0.3) is 0 Å². The highest BCUT2D eigenvalue weighted by Crippen LogP contribution is 2.34. The molecule has 1 aromatic heterocycles. The lowest BCUT2D eigenvalue weighted by Crippen LogP contribution is -2.38. The second kappa shape index (κ2) is 4.70. The fourth-order valence-corrected chi connectivity index (χ4v) is 2.91. The molecule has 0 aliphatic carbocycles. The van der Waals surface area contributed by atoms with Gasteiger partial charge >= 0.3 is 5.97 Å². The highest BCUT2D eigenvalue weighted by atomic mass is 16.5. The molecule has 6 heteroatoms. The molecule has 3 rings (SSSR count). The van der Waals surface area contributed by atoms with Gasteiger partial charge in [0.1, 0.15) is 6.17 Å². The van der Waals surface area contributed by atoms with Crippen molar-refractivity contribution in [1.29, 1.82) is 0 Å². The number of amides is 1. The van der Waals surface area contributed by atoms with Crippen LogP contribution < -0.4 is 5.32 Å². The lowest BCUT2D eigenvalue weighted by molar-refractivity contribution is -0.122. The van der Waals surface area contributed by atoms with Crippen LogP contribution in [0.1, 0.15) is 41.5 Å². The van der Waals surface area contributed by atoms with E-state index in [9.17, 15) is 9.59 Å². The maximum atomic E-state index is 12.0. The fourth-order valence-electron chi connectivity index (χ4n) is 2.91. The molecule has 2 fully saturated rings. The lowest BCUT2D eigenvalue weighted by Gasteiger charge is -2.31. The van der Waals surface area contributed by atoms with Crippen molar-refractivity contribution in [3.63, 3.8) is 0 Å². The minimum atomic E-state index is -0.519. The van der Waals surface area contributed by atoms with E-state index in [0.717, 1.165) is 25.8 Å². The Kier molecular flexibility index (Phi) is 3.02. The third-order valence-corrected chi connectivity index (χ3v) is 3.82. The monoisotopic (exact) mass is 264 g/mol. The number of nitrogens with one attached hydrogen (secondary N) is 1. The minimum Gasteiger partial charge on any atom is -0.463 e. The van der Waals surface area contributed by atoms with Crippen molar-refractivity contribution in [2.45, 2.75) is 31.5 Å². The van der Waals surface area contributed by atoms with Crippen molar-refractivity contribution in [3.05, 3.63) is 23.7 Å². The van der Waals surface area contributed by atoms with Crippen molar-refractivity contribution < 1.29 is 18.7 Å². The number of fused-ring (bicyclic) bond motifs is 1. The average Bonchev–Trinajstić information content (AvgIpc) is 3.03. The molecule has 19 heavy (non-hydrogen) atoms. The quantitative estimate of drug-likeness (QED) is 0.808. The molecule has 1 amide bonds. The number of nitrogens with zero attached hydrogens (tertiary/aromatic N) is 1. The SMILES string of the molecule is COC(=O)c1occc1C1NC(=O)C2CCCCN21. The standard InChI is InChI=1S/C13H16N2O4/c1-18-13(17)10-8(5-7-19-10)11-14-12(16)9-4-2-3-6-15(9)11/h5,7,9,11H,2-4,6H2,1H3,(H,14,16). The van der Waals surface area contributed by atoms with Crippen LogP contribution in [0, 0.1) is 0 Å². The summed E-state index contributed by atoms with van der Waals surface area (Å²) in [6, 6.07) is 1.63. The summed E-state index contributed by atoms with van der Waals surface area (Å²) in [7, 11) is 1.31. The Morgan fingerprint density at radius 2 is 2.37 bits per heavy atom. The molecular formula is C13H16N2O4. The summed E-state index contributed by atoms with van der Waals surface area (Å²) in [5.41, 5.74) is 0.671. The third kappa shape index (κ3) is 1.92. The number of methoxy groups -OCH3 is 1. The van der Waals surface area contributed by atoms with Gasteiger partial charge in [0.2, 0.25) is 11.7 Å². The van der Waals surface area contributed by atoms with E-state index in [-0.39, 0.29) is 23.9 Å². The zero-order chi connectivity index (χ0) is 13.4. The number of rotatable bonds is 2. The number of esters is 1. The van der Waals surface area contributed by atoms with Gasteiger partial charge in [-0.15, -0.1) is 0 Å². The molecule has 2 saturated heterocycles. The van der Waals surface area contributed by atoms with Gasteiger partial charge in [-0.25, -0.2) is 4.79 Å². The van der Waals surface area contributed by atoms with Crippen LogP contribution in [0.15, 0.2) is 16.7 Å². The molecule has 3 heterocycles. The zero-order valence-corrected chi connectivity index (χ0v) is 10.7. The number of ether oxygens (including phenoxy) is 1. The van der Waals surface area contributed by atoms with Crippen LogP contribution in [0.3, 0.4) is 0 Å². The van der Waals surface area contributed by atoms with Gasteiger partial charge in [0.05, 0.1) is 19.4 Å². The zero-order valence-electron chi connectivity index (χ0n) is 10.7. The van der Waals surface area contributed by atoms with Gasteiger partial charge in [0.25, 0.3) is 0 Å². The normalized spacial score (nSPS) is 26.9. The Bertz CT molecular complexity index is 510. The Hall–Kier alpha value is -1.82. The molecule has 0 saturated carbocycles. The number of piperidine rings is 1. The number of furan rings is 1. The topological polar surface area (TPSA) is 71.8 Å². The first-order chi connectivity index (χ1) is 9.22. The van der Waals surface area contributed by atoms with Crippen LogP contribution in [0.4, 0.5) is 0 Å². The van der Waals surface area contributed by atoms with Crippen LogP contribution in [0.5, 0.6) is 0 Å². The van der Waals surface area contributed by atoms with E-state index in [4.69, 9.17) is 9.15 Å². The summed E-state index contributed by atoms with van der Waals surface area (Å²) < 4.78 is 9.89. The average molecular weight is 264 g/mol. The predicted octanol–water partition coefficient (Wildman–Crippen LogP) is 1.05. The molecular weight excluding hydrogens is 248 g/mol. The van der Waals surface area contributed by atoms with E-state index in [1.165, 1.54) is 13.4 Å². The molecule has 1 N–H and O–H groups in total. The van der Waals surface area contributed by atoms with Gasteiger partial charge in [0, 0.05) is 12.1 Å². The van der Waals surface area contributed by atoms with Gasteiger partial charge in [-0.2, -0.15) is 0 Å². The second-order valence-electron chi connectivity index (χ2n) is 4.86. The first kappa shape index (κ1) is 12.2. The molecule has 0 spiro atoms. The molecule has 2 unspecified atom stereocenters. The van der Waals surface area contributed by atoms with Crippen LogP contribution >= 0.6 is 0 Å². The van der Waals surface area contributed by atoms with E-state index >= 15 is 0 Å². The Labute approximate surface area is 110 Å². The predicted molar refractivity (Wildman–Crippen MR) is 65.3 cm³/mol. The van der Waals surface area contributed by atoms with E-state index in [1.54, 1.807) is 6.07 Å². The first-order valence-corrected chi connectivity index (χ1v) is 6.44. The number of carbonyl (C=O) groups is 2. The van der Waals surface area contributed by atoms with Crippen LogP contribution in [-0.2, 0) is 9.53 Å². The van der Waals surface area contributed by atoms with Gasteiger partial charge in [0.15, 0.2) is 0 Å². The largest absolute Gasteiger partial charge is 0.463 e. The fraction of sp³-hybridized carbons (Fsp3) is 0.538. The summed E-state index contributed by atoms with van der Waals surface area (Å²) >= 11 is 0. The molecule has 1 aromatic rings. The van der Waals surface area contributed by atoms with E-state index in [2.05, 4.69) is 10.2 Å². The summed E-state index contributed by atoms with van der Waals surface area (Å²) in [4.78, 5) is 25.7. The Balaban J connectivity index is 1.92. The highest BCUT2D eigenvalue weighted by molar-refractivity contribution is 5.89. The van der Waals surface area contributed by atoms with E-state index < -0.39 is 5.97 Å². The van der Waals surface area contributed by atoms with Crippen LogP contribution in [-0.4, -0.2) is 36.5 Å². The molecule has 6 nitrogen and oxygen atoms in total. The second-order valence-corrected chi connectivity index (χ2v) is 4.86. The molecule has 0 aromatic carbocycles. The van der Waals surface area contributed by atoms with Crippen molar-refractivity contribution in [3.8, 4) is 0 Å². The van der Waals surface area contributed by atoms with Gasteiger partial charge in [-0.05, 0) is 18.9 Å². The maximum Gasteiger partial charge on any atom is 0.374 e. The summed E-state index contributed by atoms with van der Waals surface area (Å²) in [6.45, 7) is 0.847. The number of carbonyl (C=O) groups excluding carboxylic acids is 2. The molecule has 0 radical (unpaired) electrons. The van der Waals surface area contributed by atoms with Gasteiger partial charge < -0.3 is 14.5 Å². The summed E-state index contributed by atoms with van der Waals surface area (Å²) in [5, 5.41) is 2.94. The number of hydrogen-bond donors (Lipinski definition) is 1. The van der Waals surface area contributed by atoms with Crippen molar-refractivity contribution in [2.24, 2.45) is 0 Å². The molecule has 0 bridgehead atoms. The first-order valence-electron chi connectivity index (χ1n) is 6.44. The maximum absolute atomic E-state index is 12.0. The number of hydrogen-bond acceptors (Lipinski definition) is 5. The third-order valence-electron chi connectivity index (χ3n) is 3.82. The summed E-state index contributed by atoms with van der Waals surface area (Å²) in [6.07, 6.45) is 4.16. The Morgan fingerprint density at radius 1 is 1.53 bits per heavy atom. The van der Waals surface area contributed by atoms with E-state index in [1.807, 2.05) is 0 Å². The molecule has 102 valence electrons. The smallest absolute Gasteiger partial charge is 0.374 e. The van der Waals surface area contributed by atoms with Crippen LogP contribution in [0.2, 0.25) is 0 Å². The van der Waals surface area contributed by atoms with Crippen molar-refractivity contribution >= 4 is 11.9 Å². The molecule has 2 aliphatic rings. The van der Waals surface area contributed by atoms with E-state index in [0.29, 0.717) is 5.56 Å². The summed E-state index contributed by atoms with van der Waals surface area (Å²) in [5.74, 6) is -0.324. The lowest BCUT2D eigenvalue weighted by atomic mass is 10.0. The Morgan fingerprint density at radius 3 is 3.16 bits per heavy atom. The van der Waals surface area contributed by atoms with Gasteiger partial charge in [-0.1, -0.05) is 6.42 Å². The molecule has 2 atom stereocenters. The van der Waals surface area contributed by atoms with Gasteiger partial charge in [-0.3, -0.25) is 9.69 Å². The minimum absolute atomic E-state index is 0.0294. The van der Waals surface area contributed by atoms with Crippen molar-refractivity contribution in [2.75, 3.05) is 13.7 Å². The van der Waals surface area contributed by atoms with Crippen molar-refractivity contribution in [1.82, 2.24) is 10.2 Å². The molecule has 2 aliphatic heterocycles.